The van der Waals surface area contributed by atoms with Crippen molar-refractivity contribution in [1.29, 1.82) is 0 Å². The second kappa shape index (κ2) is 8.93. The monoisotopic (exact) mass is 468 g/mol. The molecule has 0 unspecified atom stereocenters. The molecular weight excluding hydrogens is 437 g/mol. The largest absolute Gasteiger partial charge is 2.00 e. The third-order valence-corrected chi connectivity index (χ3v) is 9.57. The van der Waals surface area contributed by atoms with Gasteiger partial charge in [0.1, 0.15) is 0 Å². The molecule has 3 aliphatic rings. The number of halogens is 1. The molecule has 0 saturated heterocycles. The van der Waals surface area contributed by atoms with Crippen molar-refractivity contribution in [2.75, 3.05) is 0 Å². The molecule has 0 aliphatic heterocycles. The van der Waals surface area contributed by atoms with E-state index in [1.807, 2.05) is 0 Å². The van der Waals surface area contributed by atoms with Gasteiger partial charge in [-0.2, -0.15) is 0 Å². The van der Waals surface area contributed by atoms with Gasteiger partial charge in [0.15, 0.2) is 0 Å². The van der Waals surface area contributed by atoms with Crippen molar-refractivity contribution >= 4 is 31.4 Å². The zero-order valence-corrected chi connectivity index (χ0v) is 22.3. The number of allylic oxidation sites excluding steroid dienone is 12. The van der Waals surface area contributed by atoms with Gasteiger partial charge in [0.05, 0.1) is 0 Å². The SMILES string of the molecule is CC1(C)C=CC=C([Si]([O-])(C2=CC=CC(C)(C)C2)C2=CC=CC(C)(C)C2)C1.[Br-].[Mg+2]. The van der Waals surface area contributed by atoms with E-state index in [9.17, 15) is 4.80 Å². The zero-order valence-electron chi connectivity index (χ0n) is 18.3. The molecule has 0 N–H and O–H groups in total. The van der Waals surface area contributed by atoms with Gasteiger partial charge in [-0.15, -0.1) is 0 Å². The van der Waals surface area contributed by atoms with E-state index >= 15 is 0 Å². The first-order valence-corrected chi connectivity index (χ1v) is 11.7. The van der Waals surface area contributed by atoms with Gasteiger partial charge in [-0.1, -0.05) is 112 Å². The molecular formula is C24H33BrMgOSi. The maximum Gasteiger partial charge on any atom is 2.00 e. The Kier molecular flexibility index (Phi) is 8.26. The standard InChI is InChI=1S/C24H33OSi.BrH.Mg/c1-22(2)13-7-10-19(16-22)26(25,20-11-8-14-23(3,4)17-20)21-12-9-15-24(5,6)18-21;;/h7-15H,16-18H2,1-6H3;1H;/q-1;;+2/p-1. The van der Waals surface area contributed by atoms with Crippen LogP contribution >= 0.6 is 0 Å². The summed E-state index contributed by atoms with van der Waals surface area (Å²) in [6.45, 7) is 13.4. The molecule has 0 fully saturated rings. The summed E-state index contributed by atoms with van der Waals surface area (Å²) >= 11 is 0. The van der Waals surface area contributed by atoms with Gasteiger partial charge < -0.3 is 21.8 Å². The molecule has 0 spiro atoms. The number of hydrogen-bond acceptors (Lipinski definition) is 1. The van der Waals surface area contributed by atoms with Crippen molar-refractivity contribution in [2.24, 2.45) is 16.2 Å². The Morgan fingerprint density at radius 3 is 1.11 bits per heavy atom. The van der Waals surface area contributed by atoms with Crippen LogP contribution in [0.15, 0.2) is 70.3 Å². The summed E-state index contributed by atoms with van der Waals surface area (Å²) in [5, 5.41) is 3.46. The summed E-state index contributed by atoms with van der Waals surface area (Å²) in [4.78, 5) is 14.9. The summed E-state index contributed by atoms with van der Waals surface area (Å²) in [5.74, 6) is 0. The third kappa shape index (κ3) is 5.51. The fraction of sp³-hybridized carbons (Fsp3) is 0.500. The van der Waals surface area contributed by atoms with Crippen LogP contribution in [0.4, 0.5) is 0 Å². The molecule has 3 rings (SSSR count). The maximum atomic E-state index is 14.9. The van der Waals surface area contributed by atoms with E-state index in [1.54, 1.807) is 0 Å². The van der Waals surface area contributed by atoms with Gasteiger partial charge in [0.2, 0.25) is 0 Å². The second-order valence-corrected chi connectivity index (χ2v) is 13.6. The average molecular weight is 470 g/mol. The molecule has 0 radical (unpaired) electrons. The Hall–Kier alpha value is -0.137. The molecule has 28 heavy (non-hydrogen) atoms. The van der Waals surface area contributed by atoms with Crippen molar-refractivity contribution in [1.82, 2.24) is 0 Å². The summed E-state index contributed by atoms with van der Waals surface area (Å²) in [6.07, 6.45) is 22.1. The predicted octanol–water partition coefficient (Wildman–Crippen LogP) is 2.27. The van der Waals surface area contributed by atoms with Gasteiger partial charge in [-0.3, -0.25) is 0 Å². The molecule has 0 bridgehead atoms. The Morgan fingerprint density at radius 2 is 0.893 bits per heavy atom. The predicted molar refractivity (Wildman–Crippen MR) is 118 cm³/mol. The molecule has 0 atom stereocenters. The molecule has 0 saturated carbocycles. The average Bonchev–Trinajstić information content (AvgIpc) is 2.51. The fourth-order valence-electron chi connectivity index (χ4n) is 4.44. The Morgan fingerprint density at radius 1 is 0.643 bits per heavy atom. The minimum absolute atomic E-state index is 0. The first kappa shape index (κ1) is 25.9. The second-order valence-electron chi connectivity index (χ2n) is 10.3. The van der Waals surface area contributed by atoms with Gasteiger partial charge in [-0.05, 0) is 35.5 Å². The summed E-state index contributed by atoms with van der Waals surface area (Å²) < 4.78 is 0. The molecule has 0 aromatic carbocycles. The first-order chi connectivity index (χ1) is 11.9. The van der Waals surface area contributed by atoms with E-state index in [-0.39, 0.29) is 56.3 Å². The molecule has 3 aliphatic carbocycles. The van der Waals surface area contributed by atoms with Crippen LogP contribution < -0.4 is 21.8 Å². The third-order valence-electron chi connectivity index (χ3n) is 5.83. The fourth-order valence-corrected chi connectivity index (χ4v) is 8.79. The Balaban J connectivity index is 0.00000196. The summed E-state index contributed by atoms with van der Waals surface area (Å²) in [5.41, 5.74) is 0.190. The Bertz CT molecular complexity index is 676. The van der Waals surface area contributed by atoms with Crippen LogP contribution in [0.2, 0.25) is 0 Å². The van der Waals surface area contributed by atoms with E-state index in [2.05, 4.69) is 96.2 Å². The molecule has 0 aromatic rings. The van der Waals surface area contributed by atoms with Crippen LogP contribution in [-0.4, -0.2) is 31.4 Å². The smallest absolute Gasteiger partial charge is 1.00 e. The minimum atomic E-state index is -3.13. The van der Waals surface area contributed by atoms with Gasteiger partial charge in [0.25, 0.3) is 0 Å². The summed E-state index contributed by atoms with van der Waals surface area (Å²) in [7, 11) is -3.13. The van der Waals surface area contributed by atoms with Crippen molar-refractivity contribution < 1.29 is 21.8 Å². The minimum Gasteiger partial charge on any atom is -1.00 e. The van der Waals surface area contributed by atoms with E-state index in [1.165, 1.54) is 0 Å². The number of hydrogen-bond donors (Lipinski definition) is 0. The van der Waals surface area contributed by atoms with Crippen molar-refractivity contribution in [3.63, 3.8) is 0 Å². The van der Waals surface area contributed by atoms with E-state index in [0.717, 1.165) is 34.9 Å². The normalized spacial score (nSPS) is 24.3. The summed E-state index contributed by atoms with van der Waals surface area (Å²) in [6, 6.07) is 0. The maximum absolute atomic E-state index is 14.9. The molecule has 0 heterocycles. The Labute approximate surface area is 199 Å². The van der Waals surface area contributed by atoms with Crippen LogP contribution in [0.25, 0.3) is 0 Å². The van der Waals surface area contributed by atoms with Crippen LogP contribution in [0.5, 0.6) is 0 Å². The van der Waals surface area contributed by atoms with Crippen LogP contribution in [-0.2, 0) is 0 Å². The van der Waals surface area contributed by atoms with Crippen molar-refractivity contribution in [2.45, 2.75) is 60.8 Å². The van der Waals surface area contributed by atoms with Crippen LogP contribution in [0.3, 0.4) is 0 Å². The topological polar surface area (TPSA) is 23.1 Å². The number of rotatable bonds is 3. The van der Waals surface area contributed by atoms with E-state index in [0.29, 0.717) is 0 Å². The molecule has 4 heteroatoms. The molecule has 0 aromatic heterocycles. The molecule has 1 nitrogen and oxygen atoms in total. The van der Waals surface area contributed by atoms with Gasteiger partial charge in [0, 0.05) is 8.32 Å². The van der Waals surface area contributed by atoms with Crippen LogP contribution in [0, 0.1) is 16.2 Å². The van der Waals surface area contributed by atoms with Gasteiger partial charge >= 0.3 is 23.1 Å². The molecule has 148 valence electrons. The van der Waals surface area contributed by atoms with Crippen LogP contribution in [0.1, 0.15) is 60.8 Å². The zero-order chi connectivity index (χ0) is 19.2. The van der Waals surface area contributed by atoms with Gasteiger partial charge in [-0.25, -0.2) is 0 Å². The van der Waals surface area contributed by atoms with Crippen molar-refractivity contribution in [3.8, 4) is 0 Å². The van der Waals surface area contributed by atoms with E-state index in [4.69, 9.17) is 0 Å². The first-order valence-electron chi connectivity index (χ1n) is 9.81. The van der Waals surface area contributed by atoms with E-state index < -0.39 is 8.32 Å². The molecule has 0 amide bonds. The quantitative estimate of drug-likeness (QED) is 0.582. The van der Waals surface area contributed by atoms with Crippen molar-refractivity contribution in [3.05, 3.63) is 70.3 Å².